The fraction of sp³-hybridized carbons (Fsp3) is 0.250. The normalized spacial score (nSPS) is 14.2. The summed E-state index contributed by atoms with van der Waals surface area (Å²) in [5.74, 6) is 0. The van der Waals surface area contributed by atoms with Crippen LogP contribution in [0.4, 0.5) is 0 Å². The van der Waals surface area contributed by atoms with Crippen LogP contribution >= 0.6 is 45.6 Å². The monoisotopic (exact) mass is 353 g/mol. The predicted octanol–water partition coefficient (Wildman–Crippen LogP) is 5.83. The van der Waals surface area contributed by atoms with Gasteiger partial charge >= 0.3 is 0 Å². The van der Waals surface area contributed by atoms with Crippen molar-refractivity contribution >= 4 is 45.6 Å². The van der Waals surface area contributed by atoms with Crippen molar-refractivity contribution in [3.05, 3.63) is 66.1 Å². The minimum Gasteiger partial charge on any atom is -0.302 e. The highest BCUT2D eigenvalue weighted by Gasteiger charge is 2.19. The first-order valence-corrected chi connectivity index (χ1v) is 9.80. The summed E-state index contributed by atoms with van der Waals surface area (Å²) in [4.78, 5) is 2.62. The average molecular weight is 354 g/mol. The van der Waals surface area contributed by atoms with E-state index in [1.165, 1.54) is 15.3 Å². The third-order valence-electron chi connectivity index (χ3n) is 3.28. The fourth-order valence-electron chi connectivity index (χ4n) is 2.35. The number of hydrogen-bond donors (Lipinski definition) is 1. The summed E-state index contributed by atoms with van der Waals surface area (Å²) < 4.78 is 0.846. The van der Waals surface area contributed by atoms with Crippen molar-refractivity contribution in [1.82, 2.24) is 5.32 Å². The van der Waals surface area contributed by atoms with Crippen molar-refractivity contribution in [2.24, 2.45) is 0 Å². The van der Waals surface area contributed by atoms with Crippen molar-refractivity contribution in [2.45, 2.75) is 25.4 Å². The van der Waals surface area contributed by atoms with Gasteiger partial charge in [0.05, 0.1) is 10.4 Å². The lowest BCUT2D eigenvalue weighted by Gasteiger charge is -2.21. The molecule has 3 rings (SSSR count). The van der Waals surface area contributed by atoms with Crippen molar-refractivity contribution in [2.75, 3.05) is 0 Å². The van der Waals surface area contributed by atoms with E-state index in [-0.39, 0.29) is 6.04 Å². The van der Waals surface area contributed by atoms with Crippen LogP contribution in [0.15, 0.2) is 46.5 Å². The molecule has 0 saturated carbocycles. The highest BCUT2D eigenvalue weighted by Crippen LogP contribution is 2.33. The molecule has 0 amide bonds. The molecule has 1 N–H and O–H groups in total. The van der Waals surface area contributed by atoms with E-state index in [2.05, 4.69) is 52.6 Å². The van der Waals surface area contributed by atoms with Crippen LogP contribution in [0.5, 0.6) is 0 Å². The highest BCUT2D eigenvalue weighted by atomic mass is 35.5. The Hall–Kier alpha value is -0.650. The molecular weight excluding hydrogens is 338 g/mol. The molecule has 0 aliphatic carbocycles. The molecule has 21 heavy (non-hydrogen) atoms. The molecule has 0 fully saturated rings. The van der Waals surface area contributed by atoms with Crippen LogP contribution < -0.4 is 5.32 Å². The molecule has 0 bridgehead atoms. The summed E-state index contributed by atoms with van der Waals surface area (Å²) in [6.07, 6.45) is 1.05. The molecule has 5 heteroatoms. The molecule has 0 aliphatic rings. The lowest BCUT2D eigenvalue weighted by molar-refractivity contribution is 0.505. The average Bonchev–Trinajstić information content (AvgIpc) is 3.18. The summed E-state index contributed by atoms with van der Waals surface area (Å²) >= 11 is 11.3. The second kappa shape index (κ2) is 7.07. The molecule has 110 valence electrons. The van der Waals surface area contributed by atoms with Crippen molar-refractivity contribution in [1.29, 1.82) is 0 Å². The summed E-state index contributed by atoms with van der Waals surface area (Å²) in [6, 6.07) is 11.2. The highest BCUT2D eigenvalue weighted by molar-refractivity contribution is 7.16. The molecular formula is C16H16ClNS3. The molecule has 2 unspecified atom stereocenters. The Balaban J connectivity index is 1.76. The van der Waals surface area contributed by atoms with Gasteiger partial charge in [0.15, 0.2) is 0 Å². The largest absolute Gasteiger partial charge is 0.302 e. The van der Waals surface area contributed by atoms with Gasteiger partial charge in [-0.15, -0.1) is 22.7 Å². The van der Waals surface area contributed by atoms with E-state index >= 15 is 0 Å². The van der Waals surface area contributed by atoms with Gasteiger partial charge in [0.25, 0.3) is 0 Å². The maximum absolute atomic E-state index is 6.11. The van der Waals surface area contributed by atoms with Crippen LogP contribution in [0.1, 0.15) is 28.3 Å². The zero-order chi connectivity index (χ0) is 14.7. The first-order chi connectivity index (χ1) is 10.2. The van der Waals surface area contributed by atoms with Gasteiger partial charge in [-0.25, -0.2) is 0 Å². The van der Waals surface area contributed by atoms with Crippen molar-refractivity contribution in [3.63, 3.8) is 0 Å². The number of halogens is 1. The number of rotatable bonds is 6. The van der Waals surface area contributed by atoms with Crippen molar-refractivity contribution < 1.29 is 0 Å². The Labute approximate surface area is 142 Å². The van der Waals surface area contributed by atoms with E-state index in [1.807, 2.05) is 6.07 Å². The van der Waals surface area contributed by atoms with E-state index in [4.69, 9.17) is 11.6 Å². The van der Waals surface area contributed by atoms with Crippen LogP contribution in [0.25, 0.3) is 0 Å². The first kappa shape index (κ1) is 15.3. The third-order valence-corrected chi connectivity index (χ3v) is 6.24. The molecule has 3 heterocycles. The smallest absolute Gasteiger partial charge is 0.0931 e. The minimum atomic E-state index is 0.233. The molecule has 0 aliphatic heterocycles. The van der Waals surface area contributed by atoms with Gasteiger partial charge < -0.3 is 5.32 Å². The Bertz CT molecular complexity index is 658. The van der Waals surface area contributed by atoms with Gasteiger partial charge in [-0.1, -0.05) is 17.7 Å². The fourth-order valence-corrected chi connectivity index (χ4v) is 5.05. The standard InChI is InChI=1S/C16H16ClNS3/c1-11(9-12-6-8-19-10-12)18-16(13-3-2-7-20-13)14-4-5-15(17)21-14/h2-8,10-11,16,18H,9H2,1H3. The Morgan fingerprint density at radius 3 is 2.67 bits per heavy atom. The molecule has 0 radical (unpaired) electrons. The van der Waals surface area contributed by atoms with Gasteiger partial charge in [0, 0.05) is 15.8 Å². The summed E-state index contributed by atoms with van der Waals surface area (Å²) in [7, 11) is 0. The summed E-state index contributed by atoms with van der Waals surface area (Å²) in [6.45, 7) is 2.24. The van der Waals surface area contributed by atoms with E-state index in [0.717, 1.165) is 10.8 Å². The topological polar surface area (TPSA) is 12.0 Å². The van der Waals surface area contributed by atoms with Gasteiger partial charge in [-0.05, 0) is 59.3 Å². The number of hydrogen-bond acceptors (Lipinski definition) is 4. The number of nitrogens with one attached hydrogen (secondary N) is 1. The lowest BCUT2D eigenvalue weighted by atomic mass is 10.1. The van der Waals surface area contributed by atoms with Crippen LogP contribution in [-0.4, -0.2) is 6.04 Å². The summed E-state index contributed by atoms with van der Waals surface area (Å²) in [5, 5.41) is 10.2. The van der Waals surface area contributed by atoms with E-state index in [9.17, 15) is 0 Å². The predicted molar refractivity (Wildman–Crippen MR) is 96.1 cm³/mol. The molecule has 0 saturated heterocycles. The van der Waals surface area contributed by atoms with Gasteiger partial charge in [-0.2, -0.15) is 11.3 Å². The van der Waals surface area contributed by atoms with E-state index < -0.39 is 0 Å². The van der Waals surface area contributed by atoms with Crippen LogP contribution in [0.2, 0.25) is 4.34 Å². The number of thiophene rings is 3. The molecule has 2 atom stereocenters. The summed E-state index contributed by atoms with van der Waals surface area (Å²) in [5.41, 5.74) is 1.40. The second-order valence-corrected chi connectivity index (χ2v) is 8.50. The van der Waals surface area contributed by atoms with Crippen LogP contribution in [0, 0.1) is 0 Å². The second-order valence-electron chi connectivity index (χ2n) is 4.99. The Kier molecular flexibility index (Phi) is 5.14. The maximum atomic E-state index is 6.11. The Morgan fingerprint density at radius 1 is 1.14 bits per heavy atom. The van der Waals surface area contributed by atoms with Crippen molar-refractivity contribution in [3.8, 4) is 0 Å². The van der Waals surface area contributed by atoms with Gasteiger partial charge in [0.1, 0.15) is 0 Å². The van der Waals surface area contributed by atoms with Crippen LogP contribution in [0.3, 0.4) is 0 Å². The third kappa shape index (κ3) is 3.96. The van der Waals surface area contributed by atoms with E-state index in [0.29, 0.717) is 6.04 Å². The van der Waals surface area contributed by atoms with Gasteiger partial charge in [-0.3, -0.25) is 0 Å². The lowest BCUT2D eigenvalue weighted by Crippen LogP contribution is -2.32. The molecule has 3 aromatic heterocycles. The maximum Gasteiger partial charge on any atom is 0.0931 e. The molecule has 0 spiro atoms. The first-order valence-electron chi connectivity index (χ1n) is 6.78. The SMILES string of the molecule is CC(Cc1ccsc1)NC(c1cccs1)c1ccc(Cl)s1. The quantitative estimate of drug-likeness (QED) is 0.587. The minimum absolute atomic E-state index is 0.233. The van der Waals surface area contributed by atoms with Crippen LogP contribution in [-0.2, 0) is 6.42 Å². The zero-order valence-corrected chi connectivity index (χ0v) is 14.8. The van der Waals surface area contributed by atoms with Gasteiger partial charge in [0.2, 0.25) is 0 Å². The molecule has 3 aromatic rings. The molecule has 1 nitrogen and oxygen atoms in total. The zero-order valence-electron chi connectivity index (χ0n) is 11.6. The molecule has 0 aromatic carbocycles. The Morgan fingerprint density at radius 2 is 2.05 bits per heavy atom. The van der Waals surface area contributed by atoms with E-state index in [1.54, 1.807) is 34.0 Å².